The third kappa shape index (κ3) is 2.27. The van der Waals surface area contributed by atoms with Crippen molar-refractivity contribution in [3.05, 3.63) is 60.7 Å². The number of hydrogen-bond donors (Lipinski definition) is 0. The predicted molar refractivity (Wildman–Crippen MR) is 84.9 cm³/mol. The van der Waals surface area contributed by atoms with Crippen LogP contribution in [0.5, 0.6) is 0 Å². The van der Waals surface area contributed by atoms with Crippen molar-refractivity contribution in [3.63, 3.8) is 0 Å². The van der Waals surface area contributed by atoms with E-state index in [1.807, 2.05) is 0 Å². The van der Waals surface area contributed by atoms with Gasteiger partial charge in [0, 0.05) is 0 Å². The Morgan fingerprint density at radius 1 is 0.667 bits per heavy atom. The average molecular weight is 302 g/mol. The van der Waals surface area contributed by atoms with Gasteiger partial charge in [-0.3, -0.25) is 0 Å². The first kappa shape index (κ1) is 13.4. The molecule has 2 aromatic carbocycles. The molecule has 0 atom stereocenters. The van der Waals surface area contributed by atoms with E-state index >= 15 is 0 Å². The van der Waals surface area contributed by atoms with E-state index < -0.39 is 13.6 Å². The van der Waals surface area contributed by atoms with Gasteiger partial charge in [0.2, 0.25) is 0 Å². The van der Waals surface area contributed by atoms with Crippen LogP contribution in [0.4, 0.5) is 0 Å². The Hall–Kier alpha value is -1.00. The maximum atomic E-state index is 2.53. The maximum absolute atomic E-state index is 2.53. The minimum absolute atomic E-state index is 0.350. The molecule has 0 N–H and O–H groups in total. The minimum atomic E-state index is -2.31. The van der Waals surface area contributed by atoms with Crippen molar-refractivity contribution in [3.8, 4) is 0 Å². The summed E-state index contributed by atoms with van der Waals surface area (Å²) in [7, 11) is 0. The van der Waals surface area contributed by atoms with Crippen molar-refractivity contribution < 1.29 is 0 Å². The van der Waals surface area contributed by atoms with E-state index in [2.05, 4.69) is 87.1 Å². The molecule has 0 aromatic heterocycles. The average Bonchev–Trinajstić information content (AvgIpc) is 2.38. The Labute approximate surface area is 114 Å². The predicted octanol–water partition coefficient (Wildman–Crippen LogP) is 3.41. The van der Waals surface area contributed by atoms with Crippen LogP contribution in [-0.2, 0) is 0 Å². The van der Waals surface area contributed by atoms with Gasteiger partial charge in [0.15, 0.2) is 0 Å². The van der Waals surface area contributed by atoms with E-state index in [1.54, 1.807) is 8.70 Å². The van der Waals surface area contributed by atoms with E-state index in [-0.39, 0.29) is 0 Å². The van der Waals surface area contributed by atoms with Crippen LogP contribution < -0.4 is 8.70 Å². The van der Waals surface area contributed by atoms with Crippen molar-refractivity contribution in [1.29, 1.82) is 0 Å². The first-order chi connectivity index (χ1) is 8.46. The first-order valence-corrected chi connectivity index (χ1v) is 11.8. The van der Waals surface area contributed by atoms with Crippen molar-refractivity contribution in [2.45, 2.75) is 30.7 Å². The SMILES string of the molecule is CC(C)(C)[AsH](C)(c1ccccc1)c1ccccc1. The summed E-state index contributed by atoms with van der Waals surface area (Å²) in [4.78, 5) is 0. The van der Waals surface area contributed by atoms with Gasteiger partial charge in [-0.1, -0.05) is 0 Å². The summed E-state index contributed by atoms with van der Waals surface area (Å²) in [6, 6.07) is 22.2. The third-order valence-electron chi connectivity index (χ3n) is 4.20. The molecule has 18 heavy (non-hydrogen) atoms. The molecular weight excluding hydrogens is 279 g/mol. The second-order valence-corrected chi connectivity index (χ2v) is 16.4. The molecule has 0 spiro atoms. The zero-order valence-corrected chi connectivity index (χ0v) is 13.9. The molecule has 0 amide bonds. The summed E-state index contributed by atoms with van der Waals surface area (Å²) < 4.78 is 3.48. The Bertz CT molecular complexity index is 455. The topological polar surface area (TPSA) is 0 Å². The molecule has 0 unspecified atom stereocenters. The van der Waals surface area contributed by atoms with E-state index in [0.29, 0.717) is 4.20 Å². The molecular formula is C17H23As. The van der Waals surface area contributed by atoms with Gasteiger partial charge < -0.3 is 0 Å². The molecule has 1 heteroatoms. The Balaban J connectivity index is 2.63. The third-order valence-corrected chi connectivity index (χ3v) is 16.7. The molecule has 2 rings (SSSR count). The first-order valence-electron chi connectivity index (χ1n) is 6.57. The second-order valence-electron chi connectivity index (χ2n) is 6.11. The van der Waals surface area contributed by atoms with Crippen LogP contribution in [0.25, 0.3) is 0 Å². The van der Waals surface area contributed by atoms with Crippen molar-refractivity contribution in [2.24, 2.45) is 0 Å². The molecule has 2 aromatic rings. The van der Waals surface area contributed by atoms with Crippen LogP contribution in [0.2, 0.25) is 9.91 Å². The molecule has 0 fully saturated rings. The molecule has 0 aliphatic heterocycles. The molecule has 0 aliphatic carbocycles. The molecule has 0 radical (unpaired) electrons. The van der Waals surface area contributed by atoms with Gasteiger partial charge in [-0.2, -0.15) is 0 Å². The number of rotatable bonds is 2. The summed E-state index contributed by atoms with van der Waals surface area (Å²) in [6.45, 7) is 7.19. The number of hydrogen-bond acceptors (Lipinski definition) is 0. The zero-order valence-electron chi connectivity index (χ0n) is 11.8. The normalized spacial score (nSPS) is 13.3. The van der Waals surface area contributed by atoms with Gasteiger partial charge in [0.25, 0.3) is 0 Å². The van der Waals surface area contributed by atoms with Crippen LogP contribution in [0.15, 0.2) is 60.7 Å². The van der Waals surface area contributed by atoms with Gasteiger partial charge in [-0.15, -0.1) is 0 Å². The van der Waals surface area contributed by atoms with Gasteiger partial charge in [0.1, 0.15) is 0 Å². The van der Waals surface area contributed by atoms with Crippen LogP contribution in [0, 0.1) is 0 Å². The molecule has 0 saturated carbocycles. The number of benzene rings is 2. The Morgan fingerprint density at radius 3 is 1.28 bits per heavy atom. The van der Waals surface area contributed by atoms with Gasteiger partial charge >= 0.3 is 114 Å². The summed E-state index contributed by atoms with van der Waals surface area (Å²) in [5, 5.41) is 0. The molecule has 0 saturated heterocycles. The van der Waals surface area contributed by atoms with Crippen molar-refractivity contribution in [1.82, 2.24) is 0 Å². The fourth-order valence-electron chi connectivity index (χ4n) is 2.58. The molecule has 0 heterocycles. The quantitative estimate of drug-likeness (QED) is 0.746. The summed E-state index contributed by atoms with van der Waals surface area (Å²) in [5.74, 6) is 0. The summed E-state index contributed by atoms with van der Waals surface area (Å²) in [6.07, 6.45) is 0. The van der Waals surface area contributed by atoms with Crippen LogP contribution >= 0.6 is 0 Å². The van der Waals surface area contributed by atoms with Gasteiger partial charge in [0.05, 0.1) is 0 Å². The Morgan fingerprint density at radius 2 is 1.00 bits per heavy atom. The second kappa shape index (κ2) is 4.94. The molecule has 0 nitrogen and oxygen atoms in total. The van der Waals surface area contributed by atoms with Crippen LogP contribution in [-0.4, -0.2) is 13.6 Å². The van der Waals surface area contributed by atoms with Crippen molar-refractivity contribution >= 4 is 22.3 Å². The van der Waals surface area contributed by atoms with Gasteiger partial charge in [-0.05, 0) is 0 Å². The molecule has 0 aliphatic rings. The van der Waals surface area contributed by atoms with E-state index in [0.717, 1.165) is 0 Å². The Kier molecular flexibility index (Phi) is 3.68. The van der Waals surface area contributed by atoms with Crippen LogP contribution in [0.1, 0.15) is 20.8 Å². The monoisotopic (exact) mass is 302 g/mol. The fraction of sp³-hybridized carbons (Fsp3) is 0.294. The fourth-order valence-corrected chi connectivity index (χ4v) is 10.5. The summed E-state index contributed by atoms with van der Waals surface area (Å²) in [5.41, 5.74) is 2.53. The summed E-state index contributed by atoms with van der Waals surface area (Å²) >= 11 is -2.31. The van der Waals surface area contributed by atoms with E-state index in [4.69, 9.17) is 0 Å². The molecule has 0 bridgehead atoms. The standard InChI is InChI=1S/C17H23As/c1-17(2,3)18(4,15-11-7-5-8-12-15)16-13-9-6-10-14-16/h5-14,18H,1-4H3. The van der Waals surface area contributed by atoms with Gasteiger partial charge in [-0.25, -0.2) is 0 Å². The van der Waals surface area contributed by atoms with Crippen molar-refractivity contribution in [2.75, 3.05) is 0 Å². The van der Waals surface area contributed by atoms with E-state index in [1.165, 1.54) is 0 Å². The molecule has 96 valence electrons. The van der Waals surface area contributed by atoms with E-state index in [9.17, 15) is 0 Å². The zero-order chi connectivity index (χ0) is 13.2. The van der Waals surface area contributed by atoms with Crippen LogP contribution in [0.3, 0.4) is 0 Å².